The van der Waals surface area contributed by atoms with Crippen LogP contribution in [-0.4, -0.2) is 73.0 Å². The van der Waals surface area contributed by atoms with Crippen molar-refractivity contribution in [3.8, 4) is 17.0 Å². The van der Waals surface area contributed by atoms with E-state index in [-0.39, 0.29) is 61.1 Å². The van der Waals surface area contributed by atoms with Crippen LogP contribution in [0.25, 0.3) is 11.3 Å². The standard InChI is InChI=1S/C32H29F2N3O9S/c1-32(2)14-43-30(40)28(32)46-31(41)45-15-44-27-22(38)11-21(37-26(27)29(39)36-7-8-42-12-24(36)35-37)18-10-20(33)25(34)19-13-47-23-6-4-3-5-16(23)9-17(18)19/h3-6,10-11,24,28,35H,7-9,12-15H2,1-2H3/t24?,28-/m0/s1. The van der Waals surface area contributed by atoms with Crippen LogP contribution in [0.4, 0.5) is 13.6 Å². The number of pyridine rings is 1. The number of rotatable bonds is 5. The van der Waals surface area contributed by atoms with Crippen molar-refractivity contribution in [2.24, 2.45) is 5.41 Å². The molecule has 15 heteroatoms. The van der Waals surface area contributed by atoms with E-state index in [0.29, 0.717) is 5.56 Å². The van der Waals surface area contributed by atoms with Crippen LogP contribution < -0.4 is 15.6 Å². The number of nitrogens with zero attached hydrogens (tertiary/aromatic N) is 2. The highest BCUT2D eigenvalue weighted by Crippen LogP contribution is 2.41. The van der Waals surface area contributed by atoms with E-state index in [1.165, 1.54) is 21.3 Å². The minimum atomic E-state index is -1.24. The highest BCUT2D eigenvalue weighted by atomic mass is 32.2. The average Bonchev–Trinajstić information content (AvgIpc) is 3.19. The Morgan fingerprint density at radius 1 is 1.15 bits per heavy atom. The summed E-state index contributed by atoms with van der Waals surface area (Å²) in [6, 6.07) is 9.73. The molecule has 5 heterocycles. The van der Waals surface area contributed by atoms with Crippen LogP contribution >= 0.6 is 11.8 Å². The number of ether oxygens (including phenoxy) is 5. The summed E-state index contributed by atoms with van der Waals surface area (Å²) >= 11 is 1.38. The highest BCUT2D eigenvalue weighted by Gasteiger charge is 2.47. The molecule has 47 heavy (non-hydrogen) atoms. The molecule has 7 rings (SSSR count). The fourth-order valence-corrected chi connectivity index (χ4v) is 7.23. The third kappa shape index (κ3) is 5.46. The Balaban J connectivity index is 1.27. The Bertz CT molecular complexity index is 1880. The molecule has 2 atom stereocenters. The highest BCUT2D eigenvalue weighted by molar-refractivity contribution is 7.98. The lowest BCUT2D eigenvalue weighted by Crippen LogP contribution is -2.59. The van der Waals surface area contributed by atoms with Gasteiger partial charge in [0.05, 0.1) is 18.9 Å². The molecule has 2 fully saturated rings. The van der Waals surface area contributed by atoms with E-state index in [4.69, 9.17) is 23.7 Å². The third-order valence-electron chi connectivity index (χ3n) is 8.57. The van der Waals surface area contributed by atoms with Crippen LogP contribution in [0.2, 0.25) is 0 Å². The van der Waals surface area contributed by atoms with Crippen LogP contribution in [0.15, 0.2) is 46.1 Å². The Kier molecular flexibility index (Phi) is 7.83. The van der Waals surface area contributed by atoms with Gasteiger partial charge in [-0.3, -0.25) is 9.59 Å². The van der Waals surface area contributed by atoms with Gasteiger partial charge in [0.2, 0.25) is 24.1 Å². The normalized spacial score (nSPS) is 20.9. The van der Waals surface area contributed by atoms with Crippen molar-refractivity contribution in [1.82, 2.24) is 9.58 Å². The number of carbonyl (C=O) groups is 3. The second-order valence-corrected chi connectivity index (χ2v) is 13.1. The quantitative estimate of drug-likeness (QED) is 0.314. The second kappa shape index (κ2) is 11.9. The van der Waals surface area contributed by atoms with Gasteiger partial charge in [-0.05, 0) is 29.7 Å². The molecule has 0 radical (unpaired) electrons. The molecule has 1 amide bonds. The molecule has 0 aliphatic carbocycles. The van der Waals surface area contributed by atoms with Gasteiger partial charge in [0, 0.05) is 39.8 Å². The van der Waals surface area contributed by atoms with Crippen molar-refractivity contribution in [3.63, 3.8) is 0 Å². The van der Waals surface area contributed by atoms with Crippen molar-refractivity contribution in [2.75, 3.05) is 38.6 Å². The van der Waals surface area contributed by atoms with Gasteiger partial charge in [-0.1, -0.05) is 32.0 Å². The predicted molar refractivity (Wildman–Crippen MR) is 161 cm³/mol. The summed E-state index contributed by atoms with van der Waals surface area (Å²) < 4.78 is 58.1. The van der Waals surface area contributed by atoms with E-state index in [0.717, 1.165) is 22.6 Å². The number of halogens is 2. The maximum atomic E-state index is 15.3. The maximum Gasteiger partial charge on any atom is 0.512 e. The van der Waals surface area contributed by atoms with Crippen molar-refractivity contribution in [2.45, 2.75) is 43.2 Å². The number of hydrogen-bond acceptors (Lipinski definition) is 11. The number of fused-ring (bicyclic) bond motifs is 4. The number of carbonyl (C=O) groups excluding carboxylic acids is 3. The molecule has 246 valence electrons. The number of thioether (sulfide) groups is 1. The lowest BCUT2D eigenvalue weighted by atomic mass is 9.90. The first-order chi connectivity index (χ1) is 22.5. The summed E-state index contributed by atoms with van der Waals surface area (Å²) in [5.41, 5.74) is 3.25. The molecule has 2 saturated heterocycles. The molecule has 1 N–H and O–H groups in total. The fourth-order valence-electron chi connectivity index (χ4n) is 6.13. The molecule has 2 aromatic carbocycles. The van der Waals surface area contributed by atoms with Crippen LogP contribution in [0.3, 0.4) is 0 Å². The summed E-state index contributed by atoms with van der Waals surface area (Å²) in [5.74, 6) is -3.67. The lowest BCUT2D eigenvalue weighted by molar-refractivity contribution is -0.147. The summed E-state index contributed by atoms with van der Waals surface area (Å²) in [5, 5.41) is 0. The molecule has 4 aliphatic rings. The summed E-state index contributed by atoms with van der Waals surface area (Å²) in [7, 11) is 0. The number of aromatic nitrogens is 1. The minimum Gasteiger partial charge on any atom is -0.462 e. The number of hydrogen-bond donors (Lipinski definition) is 1. The summed E-state index contributed by atoms with van der Waals surface area (Å²) in [6.07, 6.45) is -2.83. The fraction of sp³-hybridized carbons (Fsp3) is 0.375. The molecule has 0 spiro atoms. The zero-order valence-corrected chi connectivity index (χ0v) is 26.1. The SMILES string of the molecule is CC1(C)COC(=O)[C@@H]1OC(=O)OCOc1c2n(c(-c3cc(F)c(F)c4c3Cc3ccccc3SC4)cc1=O)NC1COCCN1C2=O. The average molecular weight is 670 g/mol. The van der Waals surface area contributed by atoms with Gasteiger partial charge in [0.25, 0.3) is 5.91 Å². The van der Waals surface area contributed by atoms with E-state index in [9.17, 15) is 19.2 Å². The van der Waals surface area contributed by atoms with Crippen LogP contribution in [0, 0.1) is 17.0 Å². The van der Waals surface area contributed by atoms with Gasteiger partial charge < -0.3 is 34.0 Å². The van der Waals surface area contributed by atoms with Crippen molar-refractivity contribution in [1.29, 1.82) is 0 Å². The molecule has 1 aromatic heterocycles. The number of morpholine rings is 1. The van der Waals surface area contributed by atoms with E-state index in [1.807, 2.05) is 24.3 Å². The first kappa shape index (κ1) is 31.0. The number of cyclic esters (lactones) is 1. The third-order valence-corrected chi connectivity index (χ3v) is 9.71. The Morgan fingerprint density at radius 3 is 2.74 bits per heavy atom. The molecule has 0 bridgehead atoms. The van der Waals surface area contributed by atoms with Crippen molar-refractivity contribution in [3.05, 3.63) is 80.6 Å². The molecular weight excluding hydrogens is 640 g/mol. The van der Waals surface area contributed by atoms with Crippen LogP contribution in [0.1, 0.15) is 41.0 Å². The zero-order valence-electron chi connectivity index (χ0n) is 25.3. The van der Waals surface area contributed by atoms with Gasteiger partial charge in [0.15, 0.2) is 17.3 Å². The monoisotopic (exact) mass is 669 g/mol. The maximum absolute atomic E-state index is 15.3. The zero-order chi connectivity index (χ0) is 33.0. The predicted octanol–water partition coefficient (Wildman–Crippen LogP) is 3.79. The van der Waals surface area contributed by atoms with Gasteiger partial charge in [0.1, 0.15) is 12.8 Å². The minimum absolute atomic E-state index is 0.0552. The summed E-state index contributed by atoms with van der Waals surface area (Å²) in [4.78, 5) is 54.4. The Morgan fingerprint density at radius 2 is 1.96 bits per heavy atom. The number of benzene rings is 2. The Labute approximate surface area is 270 Å². The van der Waals surface area contributed by atoms with Gasteiger partial charge in [-0.25, -0.2) is 23.0 Å². The van der Waals surface area contributed by atoms with Gasteiger partial charge >= 0.3 is 12.1 Å². The smallest absolute Gasteiger partial charge is 0.462 e. The van der Waals surface area contributed by atoms with E-state index >= 15 is 8.78 Å². The first-order valence-corrected chi connectivity index (χ1v) is 15.8. The molecular formula is C32H29F2N3O9S. The lowest BCUT2D eigenvalue weighted by Gasteiger charge is -2.42. The molecule has 0 saturated carbocycles. The van der Waals surface area contributed by atoms with Crippen LogP contribution in [0.5, 0.6) is 5.75 Å². The topological polar surface area (TPSA) is 135 Å². The van der Waals surface area contributed by atoms with Gasteiger partial charge in [-0.15, -0.1) is 11.8 Å². The number of nitrogens with one attached hydrogen (secondary N) is 1. The molecule has 1 unspecified atom stereocenters. The largest absolute Gasteiger partial charge is 0.512 e. The first-order valence-electron chi connectivity index (χ1n) is 14.8. The van der Waals surface area contributed by atoms with E-state index in [2.05, 4.69) is 5.43 Å². The number of esters is 1. The summed E-state index contributed by atoms with van der Waals surface area (Å²) in [6.45, 7) is 3.17. The second-order valence-electron chi connectivity index (χ2n) is 12.1. The molecule has 3 aromatic rings. The van der Waals surface area contributed by atoms with E-state index in [1.54, 1.807) is 13.8 Å². The van der Waals surface area contributed by atoms with Crippen molar-refractivity contribution < 1.29 is 46.8 Å². The Hall–Kier alpha value is -4.63. The van der Waals surface area contributed by atoms with Crippen molar-refractivity contribution >= 4 is 29.8 Å². The molecule has 4 aliphatic heterocycles. The van der Waals surface area contributed by atoms with Crippen LogP contribution in [-0.2, 0) is 35.9 Å². The van der Waals surface area contributed by atoms with E-state index < -0.39 is 65.3 Å². The number of amides is 1. The van der Waals surface area contributed by atoms with Gasteiger partial charge in [-0.2, -0.15) is 0 Å². The molecule has 12 nitrogen and oxygen atoms in total.